The van der Waals surface area contributed by atoms with E-state index in [1.165, 1.54) is 44.9 Å². The number of ether oxygens (including phenoxy) is 1. The van der Waals surface area contributed by atoms with Crippen LogP contribution < -0.4 is 0 Å². The van der Waals surface area contributed by atoms with E-state index >= 15 is 0 Å². The molecule has 4 fully saturated rings. The molecule has 0 bridgehead atoms. The second-order valence-corrected chi connectivity index (χ2v) is 11.3. The summed E-state index contributed by atoms with van der Waals surface area (Å²) in [6.07, 6.45) is 11.2. The maximum absolute atomic E-state index is 11.4. The van der Waals surface area contributed by atoms with E-state index in [0.717, 1.165) is 30.6 Å². The fraction of sp³-hybridized carbons (Fsp3) is 0.958. The minimum absolute atomic E-state index is 0.123. The molecule has 4 saturated carbocycles. The average molecular weight is 405 g/mol. The molecule has 0 aromatic heterocycles. The summed E-state index contributed by atoms with van der Waals surface area (Å²) in [6.45, 7) is 8.81. The lowest BCUT2D eigenvalue weighted by Gasteiger charge is -2.61. The second-order valence-electron chi connectivity index (χ2n) is 11.3. The lowest BCUT2D eigenvalue weighted by Crippen LogP contribution is -2.55. The molecule has 0 aromatic carbocycles. The van der Waals surface area contributed by atoms with E-state index in [2.05, 4.69) is 26.1 Å². The van der Waals surface area contributed by atoms with Crippen molar-refractivity contribution in [2.24, 2.45) is 45.7 Å². The molecule has 9 atom stereocenters. The van der Waals surface area contributed by atoms with Gasteiger partial charge < -0.3 is 4.74 Å². The quantitative estimate of drug-likeness (QED) is 0.349. The largest absolute Gasteiger partial charge is 0.463 e. The highest BCUT2D eigenvalue weighted by Crippen LogP contribution is 2.68. The Balaban J connectivity index is 1.51. The number of rotatable bonds is 4. The van der Waals surface area contributed by atoms with Crippen LogP contribution in [0.15, 0.2) is 5.29 Å². The van der Waals surface area contributed by atoms with Gasteiger partial charge in [-0.2, -0.15) is 0 Å². The van der Waals surface area contributed by atoms with Gasteiger partial charge in [0.15, 0.2) is 0 Å². The van der Waals surface area contributed by atoms with Gasteiger partial charge in [0.05, 0.1) is 11.3 Å². The van der Waals surface area contributed by atoms with E-state index < -0.39 is 0 Å². The minimum atomic E-state index is -0.123. The van der Waals surface area contributed by atoms with Crippen molar-refractivity contribution in [2.45, 2.75) is 97.6 Å². The molecule has 0 heterocycles. The van der Waals surface area contributed by atoms with E-state index in [1.807, 2.05) is 7.05 Å². The topological polar surface area (TPSA) is 59.0 Å². The van der Waals surface area contributed by atoms with Crippen molar-refractivity contribution in [1.29, 1.82) is 0 Å². The van der Waals surface area contributed by atoms with Gasteiger partial charge in [0, 0.05) is 14.0 Å². The van der Waals surface area contributed by atoms with Crippen LogP contribution >= 0.6 is 0 Å². The lowest BCUT2D eigenvalue weighted by atomic mass is 9.44. The first-order valence-corrected chi connectivity index (χ1v) is 11.9. The smallest absolute Gasteiger partial charge is 0.302 e. The third-order valence-corrected chi connectivity index (χ3v) is 10.3. The molecule has 0 radical (unpaired) electrons. The molecule has 164 valence electrons. The van der Waals surface area contributed by atoms with Crippen molar-refractivity contribution in [2.75, 3.05) is 7.05 Å². The van der Waals surface area contributed by atoms with Crippen LogP contribution in [0.1, 0.15) is 85.5 Å². The SMILES string of the molecule is CC(=O)O[C@@H]1CC[C@@]2(C)[C@@H](CC[C@@H]3[C@@H]2CC[C@]2(C)[C@@H]([C@H](C)N(C)N=O)CC[C@@H]32)C1. The molecule has 0 N–H and O–H groups in total. The standard InChI is InChI=1S/C24H40N2O3/c1-15(26(5)25-28)20-8-9-21-19-7-6-17-14-18(29-16(2)27)10-12-23(17,3)22(19)11-13-24(20,21)4/h15,17-22H,6-14H2,1-5H3/t15-,17-,18+,19-,20+,21-,22-,23-,24+/m0/s1. The highest BCUT2D eigenvalue weighted by molar-refractivity contribution is 5.66. The number of carbonyl (C=O) groups is 1. The van der Waals surface area contributed by atoms with Crippen molar-refractivity contribution in [1.82, 2.24) is 5.01 Å². The summed E-state index contributed by atoms with van der Waals surface area (Å²) in [6, 6.07) is 0.227. The van der Waals surface area contributed by atoms with Crippen LogP contribution in [0.25, 0.3) is 0 Å². The Bertz CT molecular complexity index is 654. The van der Waals surface area contributed by atoms with E-state index in [9.17, 15) is 9.70 Å². The van der Waals surface area contributed by atoms with Crippen LogP contribution in [-0.2, 0) is 9.53 Å². The molecule has 0 unspecified atom stereocenters. The summed E-state index contributed by atoms with van der Waals surface area (Å²) in [4.78, 5) is 22.6. The van der Waals surface area contributed by atoms with Crippen molar-refractivity contribution in [3.05, 3.63) is 4.91 Å². The number of nitroso groups, excluding NO2 is 1. The number of fused-ring (bicyclic) bond motifs is 5. The first-order valence-electron chi connectivity index (χ1n) is 11.9. The fourth-order valence-electron chi connectivity index (χ4n) is 8.73. The van der Waals surface area contributed by atoms with Gasteiger partial charge in [-0.1, -0.05) is 13.8 Å². The first-order chi connectivity index (χ1) is 13.7. The molecule has 5 nitrogen and oxygen atoms in total. The second kappa shape index (κ2) is 7.53. The van der Waals surface area contributed by atoms with Gasteiger partial charge in [-0.15, -0.1) is 4.91 Å². The Labute approximate surface area is 176 Å². The lowest BCUT2D eigenvalue weighted by molar-refractivity contribution is -0.160. The van der Waals surface area contributed by atoms with Gasteiger partial charge in [0.1, 0.15) is 6.10 Å². The highest BCUT2D eigenvalue weighted by atomic mass is 16.5. The van der Waals surface area contributed by atoms with E-state index in [4.69, 9.17) is 4.74 Å². The van der Waals surface area contributed by atoms with E-state index in [0.29, 0.717) is 22.7 Å². The molecule has 0 aliphatic heterocycles. The molecular weight excluding hydrogens is 364 g/mol. The summed E-state index contributed by atoms with van der Waals surface area (Å²) in [5, 5.41) is 4.87. The Kier molecular flexibility index (Phi) is 5.48. The van der Waals surface area contributed by atoms with Gasteiger partial charge >= 0.3 is 5.97 Å². The number of hydrogen-bond acceptors (Lipinski definition) is 4. The van der Waals surface area contributed by atoms with Crippen molar-refractivity contribution < 1.29 is 9.53 Å². The number of carbonyl (C=O) groups excluding carboxylic acids is 1. The third kappa shape index (κ3) is 3.31. The maximum atomic E-state index is 11.4. The molecule has 0 amide bonds. The Morgan fingerprint density at radius 1 is 1.03 bits per heavy atom. The Morgan fingerprint density at radius 3 is 2.41 bits per heavy atom. The van der Waals surface area contributed by atoms with Crippen LogP contribution in [0.4, 0.5) is 0 Å². The molecule has 5 heteroatoms. The van der Waals surface area contributed by atoms with E-state index in [1.54, 1.807) is 11.9 Å². The van der Waals surface area contributed by atoms with Crippen LogP contribution in [0.5, 0.6) is 0 Å². The van der Waals surface area contributed by atoms with Crippen LogP contribution in [0, 0.1) is 45.3 Å². The molecule has 0 spiro atoms. The molecule has 4 rings (SSSR count). The fourth-order valence-corrected chi connectivity index (χ4v) is 8.73. The maximum Gasteiger partial charge on any atom is 0.302 e. The zero-order valence-corrected chi connectivity index (χ0v) is 19.0. The van der Waals surface area contributed by atoms with Gasteiger partial charge in [0.2, 0.25) is 0 Å². The van der Waals surface area contributed by atoms with Gasteiger partial charge in [0.25, 0.3) is 0 Å². The number of hydrogen-bond donors (Lipinski definition) is 0. The molecule has 0 saturated heterocycles. The van der Waals surface area contributed by atoms with Gasteiger partial charge in [-0.25, -0.2) is 0 Å². The highest BCUT2D eigenvalue weighted by Gasteiger charge is 2.61. The predicted octanol–water partition coefficient (Wildman–Crippen LogP) is 5.58. The first kappa shape index (κ1) is 21.1. The summed E-state index contributed by atoms with van der Waals surface area (Å²) >= 11 is 0. The monoisotopic (exact) mass is 404 g/mol. The van der Waals surface area contributed by atoms with Crippen molar-refractivity contribution in [3.63, 3.8) is 0 Å². The molecule has 29 heavy (non-hydrogen) atoms. The van der Waals surface area contributed by atoms with Crippen LogP contribution in [0.2, 0.25) is 0 Å². The van der Waals surface area contributed by atoms with Crippen LogP contribution in [0.3, 0.4) is 0 Å². The minimum Gasteiger partial charge on any atom is -0.463 e. The summed E-state index contributed by atoms with van der Waals surface area (Å²) in [5.74, 6) is 3.58. The zero-order chi connectivity index (χ0) is 21.0. The normalized spacial score (nSPS) is 47.3. The summed E-state index contributed by atoms with van der Waals surface area (Å²) < 4.78 is 5.60. The Morgan fingerprint density at radius 2 is 1.72 bits per heavy atom. The van der Waals surface area contributed by atoms with E-state index in [-0.39, 0.29) is 18.1 Å². The zero-order valence-electron chi connectivity index (χ0n) is 19.0. The average Bonchev–Trinajstić information content (AvgIpc) is 3.03. The summed E-state index contributed by atoms with van der Waals surface area (Å²) in [7, 11) is 1.84. The van der Waals surface area contributed by atoms with Crippen molar-refractivity contribution >= 4 is 5.97 Å². The predicted molar refractivity (Wildman–Crippen MR) is 114 cm³/mol. The molecule has 4 aliphatic rings. The molecule has 4 aliphatic carbocycles. The van der Waals surface area contributed by atoms with Crippen LogP contribution in [-0.4, -0.2) is 30.2 Å². The molecular formula is C24H40N2O3. The molecule has 0 aromatic rings. The van der Waals surface area contributed by atoms with Crippen molar-refractivity contribution in [3.8, 4) is 0 Å². The van der Waals surface area contributed by atoms with Gasteiger partial charge in [-0.05, 0) is 105 Å². The Hall–Kier alpha value is -1.13. The van der Waals surface area contributed by atoms with Gasteiger partial charge in [-0.3, -0.25) is 9.80 Å². The third-order valence-electron chi connectivity index (χ3n) is 10.3. The summed E-state index contributed by atoms with van der Waals surface area (Å²) in [5.41, 5.74) is 0.753. The number of nitrogens with zero attached hydrogens (tertiary/aromatic N) is 2. The number of esters is 1.